The number of allylic oxidation sites excluding steroid dienone is 1. The number of carbonyl (C=O) groups excluding carboxylic acids is 1. The number of nitrogens with zero attached hydrogens (tertiary/aromatic N) is 3. The smallest absolute Gasteiger partial charge is 0.255 e. The van der Waals surface area contributed by atoms with Gasteiger partial charge in [0.05, 0.1) is 5.57 Å². The molecule has 0 radical (unpaired) electrons. The minimum atomic E-state index is -0.518. The van der Waals surface area contributed by atoms with Crippen LogP contribution >= 0.6 is 0 Å². The molecule has 0 bridgehead atoms. The first-order valence-electron chi connectivity index (χ1n) is 10.7. The molecule has 5 rings (SSSR count). The van der Waals surface area contributed by atoms with E-state index < -0.39 is 6.04 Å². The monoisotopic (exact) mass is 437 g/mol. The number of hydrogen-bond acceptors (Lipinski definition) is 5. The molecule has 1 atom stereocenters. The first-order valence-corrected chi connectivity index (χ1v) is 10.7. The molecule has 1 aromatic heterocycles. The molecule has 2 heterocycles. The number of para-hydroxylation sites is 1. The number of hydrogen-bond donors (Lipinski definition) is 3. The standard InChI is InChI=1S/C26H23N5O2/c1-16-8-6-7-11-21(16)24-29-26-27-17(2)22(25(33)28-19-9-4-3-5-10-19)23(31(26)30-24)18-12-14-20(32)15-13-18/h3-15,23,32H,1-2H3,(H,28,33)(H,27,29,30). The molecule has 0 aliphatic carbocycles. The summed E-state index contributed by atoms with van der Waals surface area (Å²) in [5.74, 6) is 1.06. The number of rotatable bonds is 4. The predicted octanol–water partition coefficient (Wildman–Crippen LogP) is 4.89. The van der Waals surface area contributed by atoms with Gasteiger partial charge in [-0.25, -0.2) is 4.68 Å². The molecule has 0 spiro atoms. The zero-order valence-electron chi connectivity index (χ0n) is 18.3. The Morgan fingerprint density at radius 2 is 1.67 bits per heavy atom. The zero-order valence-corrected chi connectivity index (χ0v) is 18.3. The third-order valence-corrected chi connectivity index (χ3v) is 5.72. The van der Waals surface area contributed by atoms with Crippen LogP contribution in [0.1, 0.15) is 24.1 Å². The van der Waals surface area contributed by atoms with Crippen LogP contribution < -0.4 is 10.6 Å². The Morgan fingerprint density at radius 3 is 2.39 bits per heavy atom. The molecule has 1 amide bonds. The number of nitrogens with one attached hydrogen (secondary N) is 2. The summed E-state index contributed by atoms with van der Waals surface area (Å²) < 4.78 is 1.74. The molecule has 0 fully saturated rings. The van der Waals surface area contributed by atoms with E-state index in [1.165, 1.54) is 0 Å². The first kappa shape index (κ1) is 20.5. The molecule has 33 heavy (non-hydrogen) atoms. The molecule has 7 nitrogen and oxygen atoms in total. The molecule has 164 valence electrons. The molecule has 0 saturated carbocycles. The van der Waals surface area contributed by atoms with Crippen LogP contribution in [0.25, 0.3) is 11.4 Å². The number of phenolic OH excluding ortho intramolecular Hbond substituents is 1. The predicted molar refractivity (Wildman–Crippen MR) is 128 cm³/mol. The maximum Gasteiger partial charge on any atom is 0.255 e. The minimum Gasteiger partial charge on any atom is -0.508 e. The molecule has 4 aromatic rings. The van der Waals surface area contributed by atoms with Crippen molar-refractivity contribution in [1.29, 1.82) is 0 Å². The fraction of sp³-hybridized carbons (Fsp3) is 0.115. The number of aryl methyl sites for hydroxylation is 1. The fourth-order valence-electron chi connectivity index (χ4n) is 4.07. The van der Waals surface area contributed by atoms with E-state index in [0.717, 1.165) is 16.7 Å². The molecular weight excluding hydrogens is 414 g/mol. The summed E-state index contributed by atoms with van der Waals surface area (Å²) in [4.78, 5) is 18.2. The fourth-order valence-corrected chi connectivity index (χ4v) is 4.07. The number of fused-ring (bicyclic) bond motifs is 1. The lowest BCUT2D eigenvalue weighted by atomic mass is 9.95. The van der Waals surface area contributed by atoms with Crippen molar-refractivity contribution >= 4 is 17.5 Å². The van der Waals surface area contributed by atoms with Gasteiger partial charge in [0.1, 0.15) is 11.8 Å². The SMILES string of the molecule is CC1=C(C(=O)Nc2ccccc2)C(c2ccc(O)cc2)n2nc(-c3ccccc3C)nc2N1. The molecule has 7 heteroatoms. The van der Waals surface area contributed by atoms with Crippen molar-refractivity contribution in [1.82, 2.24) is 14.8 Å². The van der Waals surface area contributed by atoms with Gasteiger partial charge in [0.25, 0.3) is 5.91 Å². The van der Waals surface area contributed by atoms with Gasteiger partial charge in [0.15, 0.2) is 5.82 Å². The highest BCUT2D eigenvalue weighted by Crippen LogP contribution is 2.37. The van der Waals surface area contributed by atoms with Crippen LogP contribution in [-0.2, 0) is 4.79 Å². The highest BCUT2D eigenvalue weighted by Gasteiger charge is 2.34. The lowest BCUT2D eigenvalue weighted by Crippen LogP contribution is -2.31. The number of anilines is 2. The number of carbonyl (C=O) groups is 1. The third kappa shape index (κ3) is 3.85. The Balaban J connectivity index is 1.62. The second-order valence-corrected chi connectivity index (χ2v) is 8.00. The molecule has 3 N–H and O–H groups in total. The average molecular weight is 438 g/mol. The summed E-state index contributed by atoms with van der Waals surface area (Å²) in [5, 5.41) is 20.9. The average Bonchev–Trinajstić information content (AvgIpc) is 3.23. The number of amides is 1. The molecule has 1 unspecified atom stereocenters. The Kier molecular flexibility index (Phi) is 5.14. The number of phenols is 1. The van der Waals surface area contributed by atoms with Crippen molar-refractivity contribution in [2.75, 3.05) is 10.6 Å². The largest absolute Gasteiger partial charge is 0.508 e. The van der Waals surface area contributed by atoms with Crippen molar-refractivity contribution in [2.45, 2.75) is 19.9 Å². The van der Waals surface area contributed by atoms with Gasteiger partial charge in [0.2, 0.25) is 5.95 Å². The van der Waals surface area contributed by atoms with Gasteiger partial charge in [-0.2, -0.15) is 4.98 Å². The van der Waals surface area contributed by atoms with E-state index in [2.05, 4.69) is 10.6 Å². The normalized spacial score (nSPS) is 15.0. The van der Waals surface area contributed by atoms with Crippen molar-refractivity contribution in [3.8, 4) is 17.1 Å². The van der Waals surface area contributed by atoms with E-state index >= 15 is 0 Å². The Morgan fingerprint density at radius 1 is 0.970 bits per heavy atom. The second kappa shape index (κ2) is 8.27. The van der Waals surface area contributed by atoms with Gasteiger partial charge in [-0.1, -0.05) is 54.6 Å². The van der Waals surface area contributed by atoms with E-state index in [9.17, 15) is 9.90 Å². The maximum absolute atomic E-state index is 13.4. The van der Waals surface area contributed by atoms with E-state index in [0.29, 0.717) is 28.7 Å². The van der Waals surface area contributed by atoms with Crippen molar-refractivity contribution in [3.63, 3.8) is 0 Å². The van der Waals surface area contributed by atoms with Crippen LogP contribution in [0.3, 0.4) is 0 Å². The van der Waals surface area contributed by atoms with Gasteiger partial charge in [-0.15, -0.1) is 5.10 Å². The van der Waals surface area contributed by atoms with Gasteiger partial charge in [-0.3, -0.25) is 4.79 Å². The van der Waals surface area contributed by atoms with E-state index in [4.69, 9.17) is 10.1 Å². The highest BCUT2D eigenvalue weighted by molar-refractivity contribution is 6.06. The van der Waals surface area contributed by atoms with Crippen LogP contribution in [0.2, 0.25) is 0 Å². The van der Waals surface area contributed by atoms with Gasteiger partial charge >= 0.3 is 0 Å². The van der Waals surface area contributed by atoms with Crippen LogP contribution in [0.15, 0.2) is 90.1 Å². The molecule has 1 aliphatic rings. The molecule has 0 saturated heterocycles. The Labute approximate surface area is 191 Å². The number of aromatic hydroxyl groups is 1. The summed E-state index contributed by atoms with van der Waals surface area (Å²) in [7, 11) is 0. The van der Waals surface area contributed by atoms with Gasteiger partial charge in [0, 0.05) is 16.9 Å². The topological polar surface area (TPSA) is 92.1 Å². The minimum absolute atomic E-state index is 0.156. The van der Waals surface area contributed by atoms with Crippen molar-refractivity contribution < 1.29 is 9.90 Å². The van der Waals surface area contributed by atoms with E-state index in [1.54, 1.807) is 28.9 Å². The number of benzene rings is 3. The summed E-state index contributed by atoms with van der Waals surface area (Å²) in [6.07, 6.45) is 0. The summed E-state index contributed by atoms with van der Waals surface area (Å²) in [6, 6.07) is 23.6. The molecule has 1 aliphatic heterocycles. The van der Waals surface area contributed by atoms with Gasteiger partial charge in [-0.05, 0) is 49.2 Å². The van der Waals surface area contributed by atoms with Crippen LogP contribution in [0.4, 0.5) is 11.6 Å². The molecule has 3 aromatic carbocycles. The van der Waals surface area contributed by atoms with Crippen LogP contribution in [0.5, 0.6) is 5.75 Å². The molecular formula is C26H23N5O2. The zero-order chi connectivity index (χ0) is 22.9. The maximum atomic E-state index is 13.4. The van der Waals surface area contributed by atoms with Crippen LogP contribution in [0, 0.1) is 6.92 Å². The summed E-state index contributed by atoms with van der Waals surface area (Å²) >= 11 is 0. The lowest BCUT2D eigenvalue weighted by molar-refractivity contribution is -0.113. The van der Waals surface area contributed by atoms with E-state index in [-0.39, 0.29) is 11.7 Å². The number of aromatic nitrogens is 3. The van der Waals surface area contributed by atoms with Crippen molar-refractivity contribution in [3.05, 3.63) is 101 Å². The third-order valence-electron chi connectivity index (χ3n) is 5.72. The second-order valence-electron chi connectivity index (χ2n) is 8.00. The summed E-state index contributed by atoms with van der Waals surface area (Å²) in [5.41, 5.74) is 4.73. The Bertz CT molecular complexity index is 1360. The van der Waals surface area contributed by atoms with Crippen LogP contribution in [-0.4, -0.2) is 25.8 Å². The first-order chi connectivity index (χ1) is 16.0. The highest BCUT2D eigenvalue weighted by atomic mass is 16.3. The quantitative estimate of drug-likeness (QED) is 0.423. The Hall–Kier alpha value is -4.39. The summed E-state index contributed by atoms with van der Waals surface area (Å²) in [6.45, 7) is 3.88. The van der Waals surface area contributed by atoms with Gasteiger partial charge < -0.3 is 15.7 Å². The van der Waals surface area contributed by atoms with Crippen molar-refractivity contribution in [2.24, 2.45) is 0 Å². The van der Waals surface area contributed by atoms with E-state index in [1.807, 2.05) is 68.4 Å². The lowest BCUT2D eigenvalue weighted by Gasteiger charge is -2.28.